The van der Waals surface area contributed by atoms with Gasteiger partial charge in [0.05, 0.1) is 11.0 Å². The van der Waals surface area contributed by atoms with Gasteiger partial charge in [0.1, 0.15) is 0 Å². The second-order valence-corrected chi connectivity index (χ2v) is 4.85. The Morgan fingerprint density at radius 1 is 1.38 bits per heavy atom. The molecular weight excluding hydrogens is 266 g/mol. The van der Waals surface area contributed by atoms with Crippen LogP contribution in [0.4, 0.5) is 0 Å². The van der Waals surface area contributed by atoms with Crippen LogP contribution in [0.2, 0.25) is 0 Å². The molecule has 1 aliphatic heterocycles. The van der Waals surface area contributed by atoms with Crippen LogP contribution in [0.1, 0.15) is 12.0 Å². The van der Waals surface area contributed by atoms with Crippen molar-refractivity contribution in [1.29, 1.82) is 0 Å². The van der Waals surface area contributed by atoms with Crippen molar-refractivity contribution in [3.05, 3.63) is 34.6 Å². The molecule has 0 fully saturated rings. The van der Waals surface area contributed by atoms with Crippen molar-refractivity contribution < 1.29 is 0 Å². The van der Waals surface area contributed by atoms with Gasteiger partial charge in [-0.1, -0.05) is 6.08 Å². The average molecular weight is 278 g/mol. The highest BCUT2D eigenvalue weighted by Gasteiger charge is 2.11. The minimum atomic E-state index is 0.957. The van der Waals surface area contributed by atoms with Crippen LogP contribution in [0.15, 0.2) is 29.0 Å². The first-order valence-electron chi connectivity index (χ1n) is 5.37. The first kappa shape index (κ1) is 10.1. The third kappa shape index (κ3) is 1.68. The average Bonchev–Trinajstić information content (AvgIpc) is 2.73. The van der Waals surface area contributed by atoms with Gasteiger partial charge in [0.25, 0.3) is 0 Å². The van der Waals surface area contributed by atoms with E-state index in [1.807, 2.05) is 6.20 Å². The Hall–Kier alpha value is -1.13. The van der Waals surface area contributed by atoms with Crippen LogP contribution in [0, 0.1) is 0 Å². The van der Waals surface area contributed by atoms with E-state index in [9.17, 15) is 0 Å². The summed E-state index contributed by atoms with van der Waals surface area (Å²) in [7, 11) is 0. The minimum absolute atomic E-state index is 0.957. The molecule has 82 valence electrons. The highest BCUT2D eigenvalue weighted by Crippen LogP contribution is 2.27. The lowest BCUT2D eigenvalue weighted by molar-refractivity contribution is 0.739. The Morgan fingerprint density at radius 3 is 3.12 bits per heavy atom. The number of nitrogens with zero attached hydrogens (tertiary/aromatic N) is 1. The van der Waals surface area contributed by atoms with Crippen molar-refractivity contribution in [3.8, 4) is 0 Å². The summed E-state index contributed by atoms with van der Waals surface area (Å²) in [5.41, 5.74) is 4.78. The van der Waals surface area contributed by atoms with Gasteiger partial charge in [0.15, 0.2) is 0 Å². The van der Waals surface area contributed by atoms with Gasteiger partial charge in [-0.05, 0) is 40.5 Å². The molecule has 3 rings (SSSR count). The molecule has 0 radical (unpaired) electrons. The molecular formula is C12H12BrN3. The zero-order valence-corrected chi connectivity index (χ0v) is 10.3. The molecule has 2 N–H and O–H groups in total. The SMILES string of the molecule is Brc1cnc2c(C3=CCNCC3)c[nH]c2c1. The highest BCUT2D eigenvalue weighted by molar-refractivity contribution is 9.10. The van der Waals surface area contributed by atoms with Crippen LogP contribution < -0.4 is 5.32 Å². The molecule has 0 aromatic carbocycles. The van der Waals surface area contributed by atoms with E-state index < -0.39 is 0 Å². The Kier molecular flexibility index (Phi) is 2.53. The summed E-state index contributed by atoms with van der Waals surface area (Å²) >= 11 is 3.43. The molecule has 0 saturated carbocycles. The zero-order valence-electron chi connectivity index (χ0n) is 8.76. The second-order valence-electron chi connectivity index (χ2n) is 3.94. The summed E-state index contributed by atoms with van der Waals surface area (Å²) in [5, 5.41) is 3.32. The number of aromatic amines is 1. The third-order valence-electron chi connectivity index (χ3n) is 2.89. The fourth-order valence-electron chi connectivity index (χ4n) is 2.09. The molecule has 4 heteroatoms. The van der Waals surface area contributed by atoms with E-state index >= 15 is 0 Å². The zero-order chi connectivity index (χ0) is 11.0. The topological polar surface area (TPSA) is 40.7 Å². The van der Waals surface area contributed by atoms with Gasteiger partial charge in [-0.25, -0.2) is 0 Å². The fraction of sp³-hybridized carbons (Fsp3) is 0.250. The first-order valence-corrected chi connectivity index (χ1v) is 6.16. The largest absolute Gasteiger partial charge is 0.359 e. The van der Waals surface area contributed by atoms with Crippen molar-refractivity contribution in [2.24, 2.45) is 0 Å². The summed E-state index contributed by atoms with van der Waals surface area (Å²) in [5.74, 6) is 0. The van der Waals surface area contributed by atoms with Crippen LogP contribution in [-0.2, 0) is 0 Å². The third-order valence-corrected chi connectivity index (χ3v) is 3.32. The molecule has 2 aromatic heterocycles. The van der Waals surface area contributed by atoms with E-state index in [-0.39, 0.29) is 0 Å². The number of halogens is 1. The Balaban J connectivity index is 2.13. The Morgan fingerprint density at radius 2 is 2.31 bits per heavy atom. The number of hydrogen-bond acceptors (Lipinski definition) is 2. The molecule has 3 heterocycles. The number of fused-ring (bicyclic) bond motifs is 1. The van der Waals surface area contributed by atoms with Crippen molar-refractivity contribution in [2.75, 3.05) is 13.1 Å². The van der Waals surface area contributed by atoms with Crippen molar-refractivity contribution in [3.63, 3.8) is 0 Å². The summed E-state index contributed by atoms with van der Waals surface area (Å²) in [6.45, 7) is 2.01. The number of rotatable bonds is 1. The summed E-state index contributed by atoms with van der Waals surface area (Å²) in [6, 6.07) is 2.06. The van der Waals surface area contributed by atoms with Gasteiger partial charge in [0, 0.05) is 29.0 Å². The Bertz CT molecular complexity index is 556. The van der Waals surface area contributed by atoms with Gasteiger partial charge < -0.3 is 10.3 Å². The van der Waals surface area contributed by atoms with E-state index in [1.165, 1.54) is 11.1 Å². The molecule has 2 aromatic rings. The van der Waals surface area contributed by atoms with Crippen molar-refractivity contribution in [1.82, 2.24) is 15.3 Å². The smallest absolute Gasteiger partial charge is 0.0954 e. The van der Waals surface area contributed by atoms with Gasteiger partial charge >= 0.3 is 0 Å². The molecule has 0 aliphatic carbocycles. The molecule has 16 heavy (non-hydrogen) atoms. The number of hydrogen-bond donors (Lipinski definition) is 2. The maximum Gasteiger partial charge on any atom is 0.0954 e. The molecule has 0 unspecified atom stereocenters. The monoisotopic (exact) mass is 277 g/mol. The lowest BCUT2D eigenvalue weighted by atomic mass is 10.0. The lowest BCUT2D eigenvalue weighted by Crippen LogP contribution is -2.19. The van der Waals surface area contributed by atoms with E-state index in [0.717, 1.165) is 35.0 Å². The van der Waals surface area contributed by atoms with Gasteiger partial charge in [-0.15, -0.1) is 0 Å². The number of aromatic nitrogens is 2. The van der Waals surface area contributed by atoms with Crippen molar-refractivity contribution >= 4 is 32.5 Å². The van der Waals surface area contributed by atoms with E-state index in [1.54, 1.807) is 0 Å². The van der Waals surface area contributed by atoms with Crippen molar-refractivity contribution in [2.45, 2.75) is 6.42 Å². The maximum atomic E-state index is 4.48. The lowest BCUT2D eigenvalue weighted by Gasteiger charge is -2.12. The van der Waals surface area contributed by atoms with Gasteiger partial charge in [0.2, 0.25) is 0 Å². The molecule has 0 spiro atoms. The standard InChI is InChI=1S/C12H12BrN3/c13-9-5-11-12(16-6-9)10(7-15-11)8-1-3-14-4-2-8/h1,5-7,14-15H,2-4H2. The van der Waals surface area contributed by atoms with Crippen LogP contribution in [-0.4, -0.2) is 23.1 Å². The maximum absolute atomic E-state index is 4.48. The highest BCUT2D eigenvalue weighted by atomic mass is 79.9. The molecule has 1 aliphatic rings. The van der Waals surface area contributed by atoms with E-state index in [2.05, 4.69) is 49.6 Å². The minimum Gasteiger partial charge on any atom is -0.359 e. The molecule has 0 bridgehead atoms. The van der Waals surface area contributed by atoms with E-state index in [4.69, 9.17) is 0 Å². The number of H-pyrrole nitrogens is 1. The van der Waals surface area contributed by atoms with Crippen LogP contribution in [0.25, 0.3) is 16.6 Å². The predicted molar refractivity (Wildman–Crippen MR) is 69.3 cm³/mol. The summed E-state index contributed by atoms with van der Waals surface area (Å²) in [4.78, 5) is 7.75. The van der Waals surface area contributed by atoms with Crippen LogP contribution >= 0.6 is 15.9 Å². The quantitative estimate of drug-likeness (QED) is 0.842. The van der Waals surface area contributed by atoms with E-state index in [0.29, 0.717) is 0 Å². The second kappa shape index (κ2) is 4.03. The van der Waals surface area contributed by atoms with Gasteiger partial charge in [-0.2, -0.15) is 0 Å². The molecule has 0 amide bonds. The Labute approximate surface area is 102 Å². The summed E-state index contributed by atoms with van der Waals surface area (Å²) < 4.78 is 1.01. The summed E-state index contributed by atoms with van der Waals surface area (Å²) in [6.07, 6.45) is 7.23. The first-order chi connectivity index (χ1) is 7.84. The normalized spacial score (nSPS) is 16.4. The fourth-order valence-corrected chi connectivity index (χ4v) is 2.43. The molecule has 0 saturated heterocycles. The number of nitrogens with one attached hydrogen (secondary N) is 2. The van der Waals surface area contributed by atoms with Crippen LogP contribution in [0.5, 0.6) is 0 Å². The predicted octanol–water partition coefficient (Wildman–Crippen LogP) is 2.70. The molecule has 0 atom stereocenters. The molecule has 3 nitrogen and oxygen atoms in total. The van der Waals surface area contributed by atoms with Gasteiger partial charge in [-0.3, -0.25) is 4.98 Å². The number of pyridine rings is 1. The van der Waals surface area contributed by atoms with Crippen LogP contribution in [0.3, 0.4) is 0 Å².